The number of rotatable bonds is 0. The van der Waals surface area contributed by atoms with Gasteiger partial charge in [-0.25, -0.2) is 0 Å². The molecule has 0 amide bonds. The maximum absolute atomic E-state index is 8.25. The monoisotopic (exact) mass is 243 g/mol. The molecule has 0 radical (unpaired) electrons. The first-order chi connectivity index (χ1) is 4.46. The molecule has 0 atom stereocenters. The first-order valence-corrected chi connectivity index (χ1v) is 1.60. The summed E-state index contributed by atoms with van der Waals surface area (Å²) in [5.74, 6) is 0. The predicted octanol–water partition coefficient (Wildman–Crippen LogP) is -0.980. The van der Waals surface area contributed by atoms with E-state index in [0.717, 1.165) is 0 Å². The van der Waals surface area contributed by atoms with Crippen LogP contribution in [0.5, 0.6) is 0 Å². The van der Waals surface area contributed by atoms with E-state index < -0.39 is 10.2 Å². The number of nitrogens with zero attached hydrogens (tertiary/aromatic N) is 2. The molecule has 11 heavy (non-hydrogen) atoms. The van der Waals surface area contributed by atoms with Crippen LogP contribution in [-0.4, -0.2) is 47.9 Å². The van der Waals surface area contributed by atoms with E-state index in [1.165, 1.54) is 0 Å². The molecule has 0 rings (SSSR count). The molecule has 0 saturated carbocycles. The fourth-order valence-corrected chi connectivity index (χ4v) is 0. The minimum absolute atomic E-state index is 0. The van der Waals surface area contributed by atoms with Crippen molar-refractivity contribution in [1.29, 1.82) is 0 Å². The molecule has 11 heteroatoms. The Bertz CT molecular complexity index is 84.6. The van der Waals surface area contributed by atoms with Crippen LogP contribution >= 0.6 is 0 Å². The van der Waals surface area contributed by atoms with Gasteiger partial charge in [0.25, 0.3) is 0 Å². The summed E-state index contributed by atoms with van der Waals surface area (Å²) >= 11 is 2.94. The summed E-state index contributed by atoms with van der Waals surface area (Å²) in [5.41, 5.74) is 0. The Labute approximate surface area is 97.6 Å². The average Bonchev–Trinajstić information content (AvgIpc) is 1.66. The van der Waals surface area contributed by atoms with Gasteiger partial charge in [0.2, 0.25) is 0 Å². The third kappa shape index (κ3) is 1470000. The zero-order valence-electron chi connectivity index (χ0n) is 4.76. The summed E-state index contributed by atoms with van der Waals surface area (Å²) in [6.45, 7) is 0. The molecule has 9 nitrogen and oxygen atoms in total. The van der Waals surface area contributed by atoms with Gasteiger partial charge in [-0.15, -0.1) is 0 Å². The van der Waals surface area contributed by atoms with Crippen LogP contribution in [0.3, 0.4) is 0 Å². The second-order valence-corrected chi connectivity index (χ2v) is 0.447. The van der Waals surface area contributed by atoms with Crippen LogP contribution in [-0.2, 0) is 19.8 Å². The van der Waals surface area contributed by atoms with Crippen molar-refractivity contribution in [3.63, 3.8) is 0 Å². The zero-order chi connectivity index (χ0) is 9.15. The third-order valence-electron chi connectivity index (χ3n) is 0. The van der Waals surface area contributed by atoms with Gasteiger partial charge in [-0.2, -0.15) is 0 Å². The van der Waals surface area contributed by atoms with E-state index in [1.54, 1.807) is 0 Å². The molecule has 0 bridgehead atoms. The van der Waals surface area contributed by atoms with Crippen molar-refractivity contribution in [1.82, 2.24) is 0 Å². The number of hydrogen-bond donors (Lipinski definition) is 0. The van der Waals surface area contributed by atoms with Crippen LogP contribution in [0.15, 0.2) is 0 Å². The SMILES string of the molecule is O=[N+]([O-])[O-].O=[N+]([O-])[O-].[Ca+2].[O]=[Cu]. The fraction of sp³-hybridized carbons (Fsp3) is 0. The molecule has 0 N–H and O–H groups in total. The van der Waals surface area contributed by atoms with Gasteiger partial charge in [-0.3, -0.25) is 0 Å². The molecular formula is CaCuN2O7. The van der Waals surface area contributed by atoms with Crippen LogP contribution in [0.1, 0.15) is 0 Å². The normalized spacial score (nSPS) is 4.91. The molecule has 0 heterocycles. The first-order valence-electron chi connectivity index (χ1n) is 1.22. The van der Waals surface area contributed by atoms with Gasteiger partial charge in [-0.1, -0.05) is 0 Å². The van der Waals surface area contributed by atoms with Crippen molar-refractivity contribution in [3.8, 4) is 0 Å². The second-order valence-electron chi connectivity index (χ2n) is 0.447. The van der Waals surface area contributed by atoms with Gasteiger partial charge in [-0.05, 0) is 0 Å². The van der Waals surface area contributed by atoms with Gasteiger partial charge >= 0.3 is 57.5 Å². The molecule has 0 aliphatic carbocycles. The Morgan fingerprint density at radius 3 is 0.818 bits per heavy atom. The second kappa shape index (κ2) is 22.5. The van der Waals surface area contributed by atoms with Crippen molar-refractivity contribution in [2.24, 2.45) is 0 Å². The van der Waals surface area contributed by atoms with Crippen LogP contribution in [0.2, 0.25) is 0 Å². The predicted molar refractivity (Wildman–Crippen MR) is 27.2 cm³/mol. The van der Waals surface area contributed by atoms with Gasteiger partial charge in [0.15, 0.2) is 0 Å². The molecule has 0 unspecified atom stereocenters. The van der Waals surface area contributed by atoms with Gasteiger partial charge in [0, 0.05) is 0 Å². The van der Waals surface area contributed by atoms with Crippen LogP contribution < -0.4 is 0 Å². The summed E-state index contributed by atoms with van der Waals surface area (Å²) in [5, 5.41) is 29.5. The van der Waals surface area contributed by atoms with E-state index in [9.17, 15) is 0 Å². The van der Waals surface area contributed by atoms with Crippen molar-refractivity contribution in [2.45, 2.75) is 0 Å². The Hall–Kier alpha value is -0.0208. The van der Waals surface area contributed by atoms with Crippen molar-refractivity contribution < 1.29 is 30.0 Å². The Morgan fingerprint density at radius 1 is 0.818 bits per heavy atom. The molecule has 0 saturated heterocycles. The molecule has 0 aromatic carbocycles. The van der Waals surface area contributed by atoms with Crippen LogP contribution in [0.4, 0.5) is 0 Å². The standard InChI is InChI=1S/Ca.Cu.2NO3.O/c;;2*2-1(3)4;/q+2;;2*-1;. The van der Waals surface area contributed by atoms with Crippen LogP contribution in [0, 0.1) is 30.6 Å². The molecular weight excluding hydrogens is 244 g/mol. The van der Waals surface area contributed by atoms with Gasteiger partial charge in [0.05, 0.1) is 10.2 Å². The molecule has 65 valence electrons. The quantitative estimate of drug-likeness (QED) is 0.301. The molecule has 0 fully saturated rings. The number of hydrogen-bond acceptors (Lipinski definition) is 7. The van der Waals surface area contributed by atoms with E-state index in [-0.39, 0.29) is 37.7 Å². The topological polar surface area (TPSA) is 149 Å². The van der Waals surface area contributed by atoms with Gasteiger partial charge in [0.1, 0.15) is 0 Å². The third-order valence-corrected chi connectivity index (χ3v) is 0. The van der Waals surface area contributed by atoms with Gasteiger partial charge < -0.3 is 30.6 Å². The summed E-state index contributed by atoms with van der Waals surface area (Å²) in [4.78, 5) is 16.5. The Kier molecular flexibility index (Phi) is 45.9. The van der Waals surface area contributed by atoms with E-state index in [2.05, 4.69) is 15.9 Å². The van der Waals surface area contributed by atoms with E-state index in [4.69, 9.17) is 34.5 Å². The molecule has 0 aliphatic rings. The molecule has 0 aromatic rings. The van der Waals surface area contributed by atoms with Crippen molar-refractivity contribution >= 4 is 37.7 Å². The van der Waals surface area contributed by atoms with Crippen molar-refractivity contribution in [2.75, 3.05) is 0 Å². The van der Waals surface area contributed by atoms with E-state index in [1.807, 2.05) is 0 Å². The molecule has 0 aliphatic heterocycles. The Balaban J connectivity index is -0.0000000339. The Morgan fingerprint density at radius 2 is 0.818 bits per heavy atom. The molecule has 0 aromatic heterocycles. The summed E-state index contributed by atoms with van der Waals surface area (Å²) in [6, 6.07) is 0. The van der Waals surface area contributed by atoms with E-state index >= 15 is 0 Å². The first kappa shape index (κ1) is 22.4. The average molecular weight is 244 g/mol. The van der Waals surface area contributed by atoms with Crippen LogP contribution in [0.25, 0.3) is 0 Å². The zero-order valence-corrected chi connectivity index (χ0v) is 7.91. The van der Waals surface area contributed by atoms with Crippen molar-refractivity contribution in [3.05, 3.63) is 30.6 Å². The maximum atomic E-state index is 8.25. The van der Waals surface area contributed by atoms with E-state index in [0.29, 0.717) is 0 Å². The minimum atomic E-state index is -1.75. The summed E-state index contributed by atoms with van der Waals surface area (Å²) in [6.07, 6.45) is 0. The summed E-state index contributed by atoms with van der Waals surface area (Å²) in [7, 11) is 0. The summed E-state index contributed by atoms with van der Waals surface area (Å²) < 4.78 is 7.81. The molecule has 0 spiro atoms. The fourth-order valence-electron chi connectivity index (χ4n) is 0.